The molecule has 1 rings (SSSR count). The van der Waals surface area contributed by atoms with Gasteiger partial charge in [0.05, 0.1) is 5.41 Å². The second kappa shape index (κ2) is 5.90. The third-order valence-electron chi connectivity index (χ3n) is 3.18. The van der Waals surface area contributed by atoms with Crippen LogP contribution in [0.2, 0.25) is 0 Å². The molecule has 0 heterocycles. The lowest BCUT2D eigenvalue weighted by molar-refractivity contribution is -0.139. The number of rotatable bonds is 6. The minimum absolute atomic E-state index is 0.0233. The fourth-order valence-electron chi connectivity index (χ4n) is 1.72. The second-order valence-electron chi connectivity index (χ2n) is 5.44. The highest BCUT2D eigenvalue weighted by Gasteiger charge is 2.37. The van der Waals surface area contributed by atoms with Crippen molar-refractivity contribution >= 4 is 17.9 Å². The highest BCUT2D eigenvalue weighted by Crippen LogP contribution is 2.32. The van der Waals surface area contributed by atoms with Crippen LogP contribution in [0.25, 0.3) is 0 Å². The van der Waals surface area contributed by atoms with E-state index in [0.29, 0.717) is 0 Å². The molecule has 3 amide bonds. The molecule has 19 heavy (non-hydrogen) atoms. The average Bonchev–Trinajstić information content (AvgIpc) is 3.16. The summed E-state index contributed by atoms with van der Waals surface area (Å²) in [6, 6.07) is -1.40. The van der Waals surface area contributed by atoms with Gasteiger partial charge >= 0.3 is 12.0 Å². The molecule has 1 aliphatic rings. The molecule has 4 N–H and O–H groups in total. The maximum atomic E-state index is 11.6. The fourth-order valence-corrected chi connectivity index (χ4v) is 1.72. The molecule has 0 aromatic heterocycles. The Morgan fingerprint density at radius 1 is 1.32 bits per heavy atom. The number of urea groups is 1. The van der Waals surface area contributed by atoms with Gasteiger partial charge in [0.15, 0.2) is 0 Å². The molecule has 0 saturated heterocycles. The molecule has 0 aromatic carbocycles. The minimum Gasteiger partial charge on any atom is -0.480 e. The first-order valence-electron chi connectivity index (χ1n) is 6.27. The number of hydrogen-bond donors (Lipinski definition) is 4. The Bertz CT molecular complexity index is 377. The monoisotopic (exact) mass is 271 g/mol. The zero-order valence-electron chi connectivity index (χ0n) is 11.4. The molecule has 1 unspecified atom stereocenters. The lowest BCUT2D eigenvalue weighted by Gasteiger charge is -2.23. The Morgan fingerprint density at radius 2 is 1.89 bits per heavy atom. The van der Waals surface area contributed by atoms with Crippen LogP contribution in [0.4, 0.5) is 4.79 Å². The molecule has 1 atom stereocenters. The van der Waals surface area contributed by atoms with Crippen molar-refractivity contribution in [3.05, 3.63) is 0 Å². The minimum atomic E-state index is -1.02. The number of carboxylic acids is 1. The van der Waals surface area contributed by atoms with Gasteiger partial charge in [-0.25, -0.2) is 9.59 Å². The lowest BCUT2D eigenvalue weighted by Crippen LogP contribution is -2.51. The number of carboxylic acid groups (broad SMARTS) is 1. The normalized spacial score (nSPS) is 16.4. The molecular weight excluding hydrogens is 250 g/mol. The number of aliphatic carboxylic acids is 1. The van der Waals surface area contributed by atoms with Crippen molar-refractivity contribution in [3.63, 3.8) is 0 Å². The molecule has 0 aliphatic heterocycles. The van der Waals surface area contributed by atoms with Gasteiger partial charge in [0.1, 0.15) is 6.04 Å². The number of hydrogen-bond acceptors (Lipinski definition) is 3. The highest BCUT2D eigenvalue weighted by atomic mass is 16.4. The summed E-state index contributed by atoms with van der Waals surface area (Å²) in [6.07, 6.45) is 1.64. The molecule has 7 nitrogen and oxygen atoms in total. The van der Waals surface area contributed by atoms with Gasteiger partial charge in [-0.15, -0.1) is 0 Å². The van der Waals surface area contributed by atoms with Crippen LogP contribution >= 0.6 is 0 Å². The maximum Gasteiger partial charge on any atom is 0.326 e. The summed E-state index contributed by atoms with van der Waals surface area (Å²) in [4.78, 5) is 34.1. The second-order valence-corrected chi connectivity index (χ2v) is 5.44. The summed E-state index contributed by atoms with van der Waals surface area (Å²) in [5.41, 5.74) is -0.746. The number of nitrogens with one attached hydrogen (secondary N) is 3. The van der Waals surface area contributed by atoms with E-state index in [9.17, 15) is 14.4 Å². The van der Waals surface area contributed by atoms with Crippen LogP contribution in [-0.4, -0.2) is 42.6 Å². The van der Waals surface area contributed by atoms with Gasteiger partial charge in [-0.05, 0) is 32.6 Å². The maximum absolute atomic E-state index is 11.6. The molecule has 1 fully saturated rings. The molecule has 0 bridgehead atoms. The summed E-state index contributed by atoms with van der Waals surface area (Å²) in [6.45, 7) is 3.53. The molecule has 0 aromatic rings. The van der Waals surface area contributed by atoms with Gasteiger partial charge in [-0.3, -0.25) is 4.79 Å². The first-order valence-corrected chi connectivity index (χ1v) is 6.27. The van der Waals surface area contributed by atoms with E-state index in [0.717, 1.165) is 12.8 Å². The van der Waals surface area contributed by atoms with E-state index in [-0.39, 0.29) is 18.4 Å². The fraction of sp³-hybridized carbons (Fsp3) is 0.750. The SMILES string of the molecule is CNC(=O)C(C)(C)CNC(=O)NC(C(=O)O)C1CC1. The van der Waals surface area contributed by atoms with Gasteiger partial charge < -0.3 is 21.1 Å². The van der Waals surface area contributed by atoms with E-state index < -0.39 is 23.5 Å². The highest BCUT2D eigenvalue weighted by molar-refractivity contribution is 5.85. The zero-order valence-corrected chi connectivity index (χ0v) is 11.4. The first kappa shape index (κ1) is 15.3. The summed E-state index contributed by atoms with van der Waals surface area (Å²) < 4.78 is 0. The number of amides is 3. The van der Waals surface area contributed by atoms with Crippen LogP contribution in [0.1, 0.15) is 26.7 Å². The van der Waals surface area contributed by atoms with Crippen LogP contribution in [0.3, 0.4) is 0 Å². The Kier molecular flexibility index (Phi) is 4.74. The van der Waals surface area contributed by atoms with Crippen molar-refractivity contribution < 1.29 is 19.5 Å². The molecule has 108 valence electrons. The smallest absolute Gasteiger partial charge is 0.326 e. The first-order chi connectivity index (χ1) is 8.77. The van der Waals surface area contributed by atoms with E-state index in [1.807, 2.05) is 0 Å². The van der Waals surface area contributed by atoms with Gasteiger partial charge in [-0.2, -0.15) is 0 Å². The van der Waals surface area contributed by atoms with Gasteiger partial charge in [0.2, 0.25) is 5.91 Å². The molecule has 7 heteroatoms. The largest absolute Gasteiger partial charge is 0.480 e. The van der Waals surface area contributed by atoms with Crippen LogP contribution in [0.5, 0.6) is 0 Å². The summed E-state index contributed by atoms with van der Waals surface area (Å²) in [5, 5.41) is 16.5. The Balaban J connectivity index is 2.42. The van der Waals surface area contributed by atoms with Gasteiger partial charge in [0.25, 0.3) is 0 Å². The van der Waals surface area contributed by atoms with Crippen molar-refractivity contribution in [2.45, 2.75) is 32.7 Å². The quantitative estimate of drug-likeness (QED) is 0.542. The van der Waals surface area contributed by atoms with E-state index in [2.05, 4.69) is 16.0 Å². The van der Waals surface area contributed by atoms with Crippen LogP contribution in [0.15, 0.2) is 0 Å². The van der Waals surface area contributed by atoms with Gasteiger partial charge in [0, 0.05) is 13.6 Å². The van der Waals surface area contributed by atoms with Crippen molar-refractivity contribution in [1.82, 2.24) is 16.0 Å². The summed E-state index contributed by atoms with van der Waals surface area (Å²) in [5.74, 6) is -1.19. The average molecular weight is 271 g/mol. The van der Waals surface area contributed by atoms with E-state index in [1.54, 1.807) is 13.8 Å². The van der Waals surface area contributed by atoms with Crippen LogP contribution in [-0.2, 0) is 9.59 Å². The van der Waals surface area contributed by atoms with E-state index >= 15 is 0 Å². The van der Waals surface area contributed by atoms with Crippen LogP contribution in [0, 0.1) is 11.3 Å². The van der Waals surface area contributed by atoms with Crippen LogP contribution < -0.4 is 16.0 Å². The third kappa shape index (κ3) is 4.42. The van der Waals surface area contributed by atoms with Crippen molar-refractivity contribution in [2.75, 3.05) is 13.6 Å². The van der Waals surface area contributed by atoms with Crippen molar-refractivity contribution in [2.24, 2.45) is 11.3 Å². The van der Waals surface area contributed by atoms with Gasteiger partial charge in [-0.1, -0.05) is 0 Å². The van der Waals surface area contributed by atoms with Crippen molar-refractivity contribution in [1.29, 1.82) is 0 Å². The Hall–Kier alpha value is -1.79. The summed E-state index contributed by atoms with van der Waals surface area (Å²) in [7, 11) is 1.53. The Labute approximate surface area is 112 Å². The van der Waals surface area contributed by atoms with E-state index in [4.69, 9.17) is 5.11 Å². The molecular formula is C12H21N3O4. The Morgan fingerprint density at radius 3 is 2.32 bits per heavy atom. The van der Waals surface area contributed by atoms with E-state index in [1.165, 1.54) is 7.05 Å². The third-order valence-corrected chi connectivity index (χ3v) is 3.18. The molecule has 0 spiro atoms. The number of carbonyl (C=O) groups excluding carboxylic acids is 2. The number of carbonyl (C=O) groups is 3. The van der Waals surface area contributed by atoms with Crippen molar-refractivity contribution in [3.8, 4) is 0 Å². The predicted octanol–water partition coefficient (Wildman–Crippen LogP) is -0.0790. The molecule has 1 aliphatic carbocycles. The topological polar surface area (TPSA) is 108 Å². The predicted molar refractivity (Wildman–Crippen MR) is 68.5 cm³/mol. The summed E-state index contributed by atoms with van der Waals surface area (Å²) >= 11 is 0. The molecule has 0 radical (unpaired) electrons. The zero-order chi connectivity index (χ0) is 14.6. The lowest BCUT2D eigenvalue weighted by atomic mass is 9.92. The molecule has 1 saturated carbocycles. The standard InChI is InChI=1S/C12H21N3O4/c1-12(2,10(18)13-3)6-14-11(19)15-8(9(16)17)7-4-5-7/h7-8H,4-6H2,1-3H3,(H,13,18)(H,16,17)(H2,14,15,19).